The van der Waals surface area contributed by atoms with Gasteiger partial charge >= 0.3 is 0 Å². The Balaban J connectivity index is 1.63. The molecule has 0 aromatic carbocycles. The Morgan fingerprint density at radius 1 is 1.43 bits per heavy atom. The van der Waals surface area contributed by atoms with E-state index in [0.29, 0.717) is 5.92 Å². The molecule has 2 aromatic rings. The first-order chi connectivity index (χ1) is 10.2. The Labute approximate surface area is 129 Å². The number of aromatic nitrogens is 1. The molecule has 3 rings (SSSR count). The Bertz CT molecular complexity index is 592. The minimum atomic E-state index is 0.191. The van der Waals surface area contributed by atoms with Crippen LogP contribution in [0.1, 0.15) is 33.8 Å². The molecule has 0 spiro atoms. The molecule has 4 heteroatoms. The first kappa shape index (κ1) is 14.3. The third-order valence-corrected chi connectivity index (χ3v) is 4.89. The molecule has 3 nitrogen and oxygen atoms in total. The van der Waals surface area contributed by atoms with Gasteiger partial charge in [0.1, 0.15) is 0 Å². The molecule has 0 radical (unpaired) electrons. The largest absolute Gasteiger partial charge is 0.338 e. The van der Waals surface area contributed by atoms with Gasteiger partial charge in [-0.05, 0) is 55.2 Å². The van der Waals surface area contributed by atoms with Crippen LogP contribution in [0.5, 0.6) is 0 Å². The number of pyridine rings is 1. The van der Waals surface area contributed by atoms with Crippen LogP contribution in [0, 0.1) is 12.8 Å². The van der Waals surface area contributed by atoms with E-state index in [4.69, 9.17) is 0 Å². The van der Waals surface area contributed by atoms with Crippen molar-refractivity contribution in [2.75, 3.05) is 13.1 Å². The molecule has 0 N–H and O–H groups in total. The number of carbonyl (C=O) groups excluding carboxylic acids is 1. The molecule has 1 fully saturated rings. The predicted octanol–water partition coefficient (Wildman–Crippen LogP) is 3.55. The van der Waals surface area contributed by atoms with E-state index in [0.717, 1.165) is 36.5 Å². The quantitative estimate of drug-likeness (QED) is 0.868. The summed E-state index contributed by atoms with van der Waals surface area (Å²) in [5, 5.41) is 1.96. The van der Waals surface area contributed by atoms with Crippen LogP contribution in [0.25, 0.3) is 0 Å². The van der Waals surface area contributed by atoms with E-state index in [1.54, 1.807) is 0 Å². The van der Waals surface area contributed by atoms with Crippen molar-refractivity contribution >= 4 is 17.2 Å². The van der Waals surface area contributed by atoms with Crippen molar-refractivity contribution in [2.24, 2.45) is 5.92 Å². The monoisotopic (exact) mass is 300 g/mol. The molecule has 0 bridgehead atoms. The lowest BCUT2D eigenvalue weighted by Gasteiger charge is -2.32. The van der Waals surface area contributed by atoms with Gasteiger partial charge < -0.3 is 4.90 Å². The molecule has 2 aromatic heterocycles. The van der Waals surface area contributed by atoms with Gasteiger partial charge in [-0.1, -0.05) is 12.1 Å². The molecular formula is C17H20N2OS. The van der Waals surface area contributed by atoms with Crippen LogP contribution >= 0.6 is 11.3 Å². The molecule has 0 unspecified atom stereocenters. The minimum Gasteiger partial charge on any atom is -0.338 e. The maximum absolute atomic E-state index is 12.4. The fourth-order valence-electron chi connectivity index (χ4n) is 2.92. The molecule has 3 heterocycles. The molecule has 1 aliphatic heterocycles. The van der Waals surface area contributed by atoms with Crippen molar-refractivity contribution in [1.82, 2.24) is 9.88 Å². The average Bonchev–Trinajstić information content (AvgIpc) is 3.03. The Kier molecular flexibility index (Phi) is 4.34. The fourth-order valence-corrected chi connectivity index (χ4v) is 3.62. The number of carbonyl (C=O) groups is 1. The second-order valence-corrected chi connectivity index (χ2v) is 6.70. The molecule has 1 amide bonds. The third-order valence-electron chi connectivity index (χ3n) is 4.04. The summed E-state index contributed by atoms with van der Waals surface area (Å²) in [7, 11) is 0. The van der Waals surface area contributed by atoms with Crippen molar-refractivity contribution < 1.29 is 4.79 Å². The summed E-state index contributed by atoms with van der Waals surface area (Å²) in [6.45, 7) is 3.76. The smallest absolute Gasteiger partial charge is 0.263 e. The molecule has 110 valence electrons. The van der Waals surface area contributed by atoms with Gasteiger partial charge in [0.15, 0.2) is 0 Å². The second-order valence-electron chi connectivity index (χ2n) is 5.75. The van der Waals surface area contributed by atoms with Crippen LogP contribution in [0.4, 0.5) is 0 Å². The van der Waals surface area contributed by atoms with Crippen LogP contribution in [0.2, 0.25) is 0 Å². The highest BCUT2D eigenvalue weighted by molar-refractivity contribution is 7.12. The van der Waals surface area contributed by atoms with Gasteiger partial charge in [0.2, 0.25) is 0 Å². The highest BCUT2D eigenvalue weighted by Gasteiger charge is 2.25. The average molecular weight is 300 g/mol. The van der Waals surface area contributed by atoms with Crippen molar-refractivity contribution in [1.29, 1.82) is 0 Å². The molecular weight excluding hydrogens is 280 g/mol. The van der Waals surface area contributed by atoms with Crippen LogP contribution in [-0.2, 0) is 6.42 Å². The van der Waals surface area contributed by atoms with Crippen LogP contribution < -0.4 is 0 Å². The topological polar surface area (TPSA) is 33.2 Å². The number of thiophene rings is 1. The first-order valence-electron chi connectivity index (χ1n) is 7.46. The van der Waals surface area contributed by atoms with E-state index < -0.39 is 0 Å². The van der Waals surface area contributed by atoms with E-state index in [-0.39, 0.29) is 5.91 Å². The lowest BCUT2D eigenvalue weighted by molar-refractivity contribution is 0.0678. The lowest BCUT2D eigenvalue weighted by atomic mass is 9.91. The molecule has 1 aliphatic rings. The number of hydrogen-bond donors (Lipinski definition) is 0. The molecule has 1 saturated heterocycles. The van der Waals surface area contributed by atoms with Crippen LogP contribution in [0.3, 0.4) is 0 Å². The van der Waals surface area contributed by atoms with Crippen LogP contribution in [0.15, 0.2) is 35.8 Å². The third kappa shape index (κ3) is 3.50. The Morgan fingerprint density at radius 2 is 2.33 bits per heavy atom. The van der Waals surface area contributed by atoms with Gasteiger partial charge in [0, 0.05) is 25.0 Å². The van der Waals surface area contributed by atoms with E-state index in [9.17, 15) is 4.79 Å². The number of likely N-dealkylation sites (tertiary alicyclic amines) is 1. The number of amides is 1. The maximum Gasteiger partial charge on any atom is 0.263 e. The zero-order valence-electron chi connectivity index (χ0n) is 12.3. The van der Waals surface area contributed by atoms with Gasteiger partial charge in [-0.3, -0.25) is 9.78 Å². The summed E-state index contributed by atoms with van der Waals surface area (Å²) in [6, 6.07) is 8.08. The van der Waals surface area contributed by atoms with E-state index in [2.05, 4.69) is 17.1 Å². The van der Waals surface area contributed by atoms with Crippen molar-refractivity contribution in [3.05, 3.63) is 52.0 Å². The number of aryl methyl sites for hydroxylation is 1. The summed E-state index contributed by atoms with van der Waals surface area (Å²) >= 11 is 1.53. The Morgan fingerprint density at radius 3 is 3.05 bits per heavy atom. The van der Waals surface area contributed by atoms with Crippen LogP contribution in [-0.4, -0.2) is 28.9 Å². The van der Waals surface area contributed by atoms with E-state index >= 15 is 0 Å². The van der Waals surface area contributed by atoms with Gasteiger partial charge in [-0.15, -0.1) is 11.3 Å². The lowest BCUT2D eigenvalue weighted by Crippen LogP contribution is -2.40. The van der Waals surface area contributed by atoms with Gasteiger partial charge in [0.05, 0.1) is 4.88 Å². The Hall–Kier alpha value is -1.68. The standard InChI is InChI=1S/C17H20N2OS/c1-13-6-7-14(11-18-13)10-15-4-2-8-19(12-15)17(20)16-5-3-9-21-16/h3,5-7,9,11,15H,2,4,8,10,12H2,1H3/t15-/m1/s1. The molecule has 1 atom stereocenters. The highest BCUT2D eigenvalue weighted by atomic mass is 32.1. The number of rotatable bonds is 3. The van der Waals surface area contributed by atoms with Gasteiger partial charge in [-0.25, -0.2) is 0 Å². The summed E-state index contributed by atoms with van der Waals surface area (Å²) in [5.74, 6) is 0.740. The van der Waals surface area contributed by atoms with Gasteiger partial charge in [-0.2, -0.15) is 0 Å². The second kappa shape index (κ2) is 6.39. The summed E-state index contributed by atoms with van der Waals surface area (Å²) < 4.78 is 0. The molecule has 0 saturated carbocycles. The highest BCUT2D eigenvalue weighted by Crippen LogP contribution is 2.23. The molecule has 21 heavy (non-hydrogen) atoms. The SMILES string of the molecule is Cc1ccc(C[C@H]2CCCN(C(=O)c3cccs3)C2)cn1. The minimum absolute atomic E-state index is 0.191. The van der Waals surface area contributed by atoms with Crippen molar-refractivity contribution in [3.63, 3.8) is 0 Å². The van der Waals surface area contributed by atoms with E-state index in [1.807, 2.05) is 35.5 Å². The number of piperidine rings is 1. The zero-order chi connectivity index (χ0) is 14.7. The zero-order valence-corrected chi connectivity index (χ0v) is 13.1. The first-order valence-corrected chi connectivity index (χ1v) is 8.34. The normalized spacial score (nSPS) is 18.7. The summed E-state index contributed by atoms with van der Waals surface area (Å²) in [6.07, 6.45) is 5.28. The van der Waals surface area contributed by atoms with Crippen molar-refractivity contribution in [2.45, 2.75) is 26.2 Å². The summed E-state index contributed by atoms with van der Waals surface area (Å²) in [5.41, 5.74) is 2.33. The number of nitrogens with zero attached hydrogens (tertiary/aromatic N) is 2. The summed E-state index contributed by atoms with van der Waals surface area (Å²) in [4.78, 5) is 19.7. The van der Waals surface area contributed by atoms with Crippen molar-refractivity contribution in [3.8, 4) is 0 Å². The van der Waals surface area contributed by atoms with E-state index in [1.165, 1.54) is 23.3 Å². The maximum atomic E-state index is 12.4. The number of hydrogen-bond acceptors (Lipinski definition) is 3. The predicted molar refractivity (Wildman–Crippen MR) is 85.6 cm³/mol. The molecule has 0 aliphatic carbocycles. The fraction of sp³-hybridized carbons (Fsp3) is 0.412. The van der Waals surface area contributed by atoms with Gasteiger partial charge in [0.25, 0.3) is 5.91 Å².